The zero-order valence-electron chi connectivity index (χ0n) is 20.8. The largest absolute Gasteiger partial charge is 0.491 e. The number of carbonyl (C=O) groups is 2. The van der Waals surface area contributed by atoms with E-state index in [4.69, 9.17) is 25.8 Å². The molecule has 194 valence electrons. The van der Waals surface area contributed by atoms with E-state index in [2.05, 4.69) is 15.4 Å². The van der Waals surface area contributed by atoms with Crippen molar-refractivity contribution in [1.82, 2.24) is 19.9 Å². The highest BCUT2D eigenvalue weighted by molar-refractivity contribution is 6.31. The summed E-state index contributed by atoms with van der Waals surface area (Å²) in [5.41, 5.74) is 0.348. The van der Waals surface area contributed by atoms with Gasteiger partial charge >= 0.3 is 12.1 Å². The van der Waals surface area contributed by atoms with Crippen LogP contribution in [0.1, 0.15) is 43.6 Å². The summed E-state index contributed by atoms with van der Waals surface area (Å²) in [5, 5.41) is 6.64. The molecule has 10 nitrogen and oxygen atoms in total. The molecular weight excluding hydrogens is 493 g/mol. The van der Waals surface area contributed by atoms with Crippen molar-refractivity contribution >= 4 is 35.1 Å². The Morgan fingerprint density at radius 2 is 2.00 bits per heavy atom. The minimum absolute atomic E-state index is 0.0860. The van der Waals surface area contributed by atoms with E-state index >= 15 is 0 Å². The van der Waals surface area contributed by atoms with Crippen LogP contribution in [-0.2, 0) is 16.0 Å². The summed E-state index contributed by atoms with van der Waals surface area (Å²) in [7, 11) is 1.74. The van der Waals surface area contributed by atoms with Crippen LogP contribution in [0, 0.1) is 5.82 Å². The molecule has 0 spiro atoms. The lowest BCUT2D eigenvalue weighted by molar-refractivity contribution is 0.0513. The number of nitrogens with zero attached hydrogens (tertiary/aromatic N) is 4. The maximum atomic E-state index is 14.3. The van der Waals surface area contributed by atoms with Crippen LogP contribution in [0.15, 0.2) is 30.6 Å². The van der Waals surface area contributed by atoms with Crippen molar-refractivity contribution in [1.29, 1.82) is 0 Å². The van der Waals surface area contributed by atoms with E-state index in [-0.39, 0.29) is 36.9 Å². The Morgan fingerprint density at radius 3 is 2.69 bits per heavy atom. The zero-order chi connectivity index (χ0) is 26.5. The number of amides is 1. The van der Waals surface area contributed by atoms with E-state index in [1.165, 1.54) is 22.8 Å². The third kappa shape index (κ3) is 6.75. The van der Waals surface area contributed by atoms with Gasteiger partial charge in [0.2, 0.25) is 0 Å². The molecule has 36 heavy (non-hydrogen) atoms. The lowest BCUT2D eigenvalue weighted by atomic mass is 10.1. The highest BCUT2D eigenvalue weighted by Crippen LogP contribution is 2.31. The summed E-state index contributed by atoms with van der Waals surface area (Å²) in [6, 6.07) is 4.39. The molecule has 1 aromatic carbocycles. The van der Waals surface area contributed by atoms with Crippen molar-refractivity contribution in [3.8, 4) is 5.75 Å². The van der Waals surface area contributed by atoms with Crippen molar-refractivity contribution in [2.24, 2.45) is 0 Å². The summed E-state index contributed by atoms with van der Waals surface area (Å²) in [4.78, 5) is 30.3. The van der Waals surface area contributed by atoms with Gasteiger partial charge in [-0.2, -0.15) is 5.10 Å². The number of aromatic nitrogens is 3. The van der Waals surface area contributed by atoms with Gasteiger partial charge in [0.1, 0.15) is 35.2 Å². The van der Waals surface area contributed by atoms with Gasteiger partial charge in [-0.3, -0.25) is 0 Å². The monoisotopic (exact) mass is 521 g/mol. The highest BCUT2D eigenvalue weighted by atomic mass is 35.5. The van der Waals surface area contributed by atoms with Crippen molar-refractivity contribution < 1.29 is 28.2 Å². The molecule has 3 aromatic rings. The molecule has 0 aliphatic heterocycles. The second-order valence-electron chi connectivity index (χ2n) is 8.80. The number of ether oxygens (including phenoxy) is 3. The Kier molecular flexibility index (Phi) is 8.57. The molecule has 1 N–H and O–H groups in total. The lowest BCUT2D eigenvalue weighted by Gasteiger charge is -2.22. The number of hydrogen-bond acceptors (Lipinski definition) is 8. The Labute approximate surface area is 213 Å². The number of fused-ring (bicyclic) bond motifs is 1. The van der Waals surface area contributed by atoms with Crippen LogP contribution in [0.3, 0.4) is 0 Å². The molecule has 0 atom stereocenters. The molecule has 3 rings (SSSR count). The fourth-order valence-corrected chi connectivity index (χ4v) is 3.44. The maximum Gasteiger partial charge on any atom is 0.407 e. The Balaban J connectivity index is 1.74. The standard InChI is InChI=1S/C24H29ClFN5O5/c1-6-34-22(32)15-13-28-31-11-9-19(29-21(15)31)30(5)14-16-18(8-7-17(26)20(16)25)35-12-10-27-23(33)36-24(2,3)4/h7-9,11,13H,6,10,12,14H2,1-5H3,(H,27,33). The third-order valence-electron chi connectivity index (χ3n) is 4.82. The van der Waals surface area contributed by atoms with E-state index in [0.717, 1.165) is 0 Å². The van der Waals surface area contributed by atoms with Crippen LogP contribution >= 0.6 is 11.6 Å². The first-order valence-electron chi connectivity index (χ1n) is 11.3. The molecule has 12 heteroatoms. The molecule has 0 saturated carbocycles. The van der Waals surface area contributed by atoms with Crippen molar-refractivity contribution in [2.45, 2.75) is 39.8 Å². The maximum absolute atomic E-state index is 14.3. The van der Waals surface area contributed by atoms with Gasteiger partial charge in [-0.05, 0) is 45.9 Å². The number of rotatable bonds is 9. The van der Waals surface area contributed by atoms with Gasteiger partial charge in [-0.1, -0.05) is 11.6 Å². The van der Waals surface area contributed by atoms with E-state index in [1.54, 1.807) is 51.9 Å². The van der Waals surface area contributed by atoms with Crippen LogP contribution in [0.5, 0.6) is 5.75 Å². The first kappa shape index (κ1) is 27.0. The number of nitrogens with one attached hydrogen (secondary N) is 1. The third-order valence-corrected chi connectivity index (χ3v) is 5.23. The molecule has 0 bridgehead atoms. The first-order valence-corrected chi connectivity index (χ1v) is 11.7. The summed E-state index contributed by atoms with van der Waals surface area (Å²) < 4.78 is 31.8. The number of halogens is 2. The van der Waals surface area contributed by atoms with Crippen LogP contribution in [-0.4, -0.2) is 59.1 Å². The number of hydrogen-bond donors (Lipinski definition) is 1. The number of carbonyl (C=O) groups excluding carboxylic acids is 2. The highest BCUT2D eigenvalue weighted by Gasteiger charge is 2.20. The Hall–Kier alpha value is -3.60. The molecule has 2 heterocycles. The number of alkyl carbamates (subject to hydrolysis) is 1. The molecule has 2 aromatic heterocycles. The lowest BCUT2D eigenvalue weighted by Crippen LogP contribution is -2.34. The van der Waals surface area contributed by atoms with Gasteiger partial charge in [0.25, 0.3) is 0 Å². The second kappa shape index (κ2) is 11.4. The molecule has 0 saturated heterocycles. The Morgan fingerprint density at radius 1 is 1.25 bits per heavy atom. The van der Waals surface area contributed by atoms with Gasteiger partial charge in [-0.15, -0.1) is 0 Å². The number of esters is 1. The molecule has 0 unspecified atom stereocenters. The zero-order valence-corrected chi connectivity index (χ0v) is 21.6. The quantitative estimate of drug-likeness (QED) is 0.329. The number of benzene rings is 1. The number of anilines is 1. The van der Waals surface area contributed by atoms with E-state index in [1.807, 2.05) is 0 Å². The van der Waals surface area contributed by atoms with Crippen molar-refractivity contribution in [2.75, 3.05) is 31.7 Å². The predicted octanol–water partition coefficient (Wildman–Crippen LogP) is 4.24. The summed E-state index contributed by atoms with van der Waals surface area (Å²) >= 11 is 6.28. The summed E-state index contributed by atoms with van der Waals surface area (Å²) in [5.74, 6) is -0.268. The van der Waals surface area contributed by atoms with Crippen LogP contribution in [0.2, 0.25) is 5.02 Å². The topological polar surface area (TPSA) is 107 Å². The summed E-state index contributed by atoms with van der Waals surface area (Å²) in [6.07, 6.45) is 2.49. The van der Waals surface area contributed by atoms with Gasteiger partial charge in [0.15, 0.2) is 5.65 Å². The SMILES string of the molecule is CCOC(=O)c1cnn2ccc(N(C)Cc3c(OCCNC(=O)OC(C)(C)C)ccc(F)c3Cl)nc12. The van der Waals surface area contributed by atoms with Crippen LogP contribution in [0.4, 0.5) is 15.0 Å². The molecule has 0 aliphatic carbocycles. The molecule has 0 aliphatic rings. The minimum atomic E-state index is -0.613. The van der Waals surface area contributed by atoms with Crippen LogP contribution < -0.4 is 15.0 Å². The minimum Gasteiger partial charge on any atom is -0.491 e. The van der Waals surface area contributed by atoms with Gasteiger partial charge < -0.3 is 24.4 Å². The van der Waals surface area contributed by atoms with Crippen molar-refractivity contribution in [3.05, 3.63) is 52.6 Å². The van der Waals surface area contributed by atoms with E-state index in [0.29, 0.717) is 22.8 Å². The average molecular weight is 522 g/mol. The van der Waals surface area contributed by atoms with Crippen molar-refractivity contribution in [3.63, 3.8) is 0 Å². The van der Waals surface area contributed by atoms with Crippen LogP contribution in [0.25, 0.3) is 5.65 Å². The fourth-order valence-electron chi connectivity index (χ4n) is 3.23. The smallest absolute Gasteiger partial charge is 0.407 e. The van der Waals surface area contributed by atoms with Gasteiger partial charge in [-0.25, -0.2) is 23.5 Å². The molecule has 0 fully saturated rings. The fraction of sp³-hybridized carbons (Fsp3) is 0.417. The molecular formula is C24H29ClFN5O5. The van der Waals surface area contributed by atoms with E-state index in [9.17, 15) is 14.0 Å². The summed E-state index contributed by atoms with van der Waals surface area (Å²) in [6.45, 7) is 7.68. The van der Waals surface area contributed by atoms with Gasteiger partial charge in [0, 0.05) is 25.4 Å². The van der Waals surface area contributed by atoms with E-state index < -0.39 is 23.5 Å². The normalized spacial score (nSPS) is 11.3. The Bertz CT molecular complexity index is 1240. The van der Waals surface area contributed by atoms with Gasteiger partial charge in [0.05, 0.1) is 24.4 Å². The first-order chi connectivity index (χ1) is 17.0. The molecule has 0 radical (unpaired) electrons. The predicted molar refractivity (Wildman–Crippen MR) is 132 cm³/mol. The average Bonchev–Trinajstić information content (AvgIpc) is 3.23. The molecule has 1 amide bonds. The second-order valence-corrected chi connectivity index (χ2v) is 9.18.